The van der Waals surface area contributed by atoms with Crippen LogP contribution in [-0.4, -0.2) is 58.0 Å². The Kier molecular flexibility index (Phi) is 5.83. The highest BCUT2D eigenvalue weighted by atomic mass is 32.2. The summed E-state index contributed by atoms with van der Waals surface area (Å²) in [4.78, 5) is 29.5. The minimum absolute atomic E-state index is 0.0909. The van der Waals surface area contributed by atoms with Crippen molar-refractivity contribution in [2.45, 2.75) is 43.9 Å². The molecule has 1 fully saturated rings. The minimum Gasteiger partial charge on any atom is -0.361 e. The monoisotopic (exact) mass is 457 g/mol. The van der Waals surface area contributed by atoms with Crippen LogP contribution in [0.4, 0.5) is 11.4 Å². The Morgan fingerprint density at radius 2 is 1.69 bits per heavy atom. The Labute approximate surface area is 188 Å². The number of anilines is 2. The van der Waals surface area contributed by atoms with Crippen LogP contribution in [-0.2, 0) is 24.2 Å². The highest BCUT2D eigenvalue weighted by Crippen LogP contribution is 2.39. The molecule has 2 heterocycles. The number of hydrogen-bond acceptors (Lipinski definition) is 6. The highest BCUT2D eigenvalue weighted by Gasteiger charge is 2.39. The fourth-order valence-corrected chi connectivity index (χ4v) is 5.01. The van der Waals surface area contributed by atoms with Gasteiger partial charge >= 0.3 is 0 Å². The maximum absolute atomic E-state index is 13.4. The summed E-state index contributed by atoms with van der Waals surface area (Å²) in [6, 6.07) is 11.6. The molecule has 2 aliphatic rings. The molecular formula is C23H27N3O5S. The van der Waals surface area contributed by atoms with E-state index >= 15 is 0 Å². The third kappa shape index (κ3) is 4.03. The van der Waals surface area contributed by atoms with Gasteiger partial charge < -0.3 is 14.5 Å². The van der Waals surface area contributed by atoms with E-state index in [1.807, 2.05) is 32.0 Å². The molecule has 2 aromatic rings. The second-order valence-corrected chi connectivity index (χ2v) is 10.4. The highest BCUT2D eigenvalue weighted by molar-refractivity contribution is 7.90. The van der Waals surface area contributed by atoms with Crippen molar-refractivity contribution < 1.29 is 22.7 Å². The lowest BCUT2D eigenvalue weighted by Crippen LogP contribution is -2.56. The smallest absolute Gasteiger partial charge is 0.247 e. The molecule has 0 aromatic heterocycles. The normalized spacial score (nSPS) is 23.2. The maximum atomic E-state index is 13.4. The first-order chi connectivity index (χ1) is 15.1. The van der Waals surface area contributed by atoms with Gasteiger partial charge in [0.1, 0.15) is 6.04 Å². The number of fused-ring (bicyclic) bond motifs is 1. The van der Waals surface area contributed by atoms with Gasteiger partial charge in [0.05, 0.1) is 35.1 Å². The molecule has 170 valence electrons. The van der Waals surface area contributed by atoms with Gasteiger partial charge in [-0.1, -0.05) is 18.2 Å². The Morgan fingerprint density at radius 3 is 2.25 bits per heavy atom. The molecule has 0 bridgehead atoms. The fraction of sp³-hybridized carbons (Fsp3) is 0.391. The van der Waals surface area contributed by atoms with Crippen molar-refractivity contribution in [2.24, 2.45) is 0 Å². The Morgan fingerprint density at radius 1 is 1.03 bits per heavy atom. The number of amides is 2. The molecule has 9 heteroatoms. The summed E-state index contributed by atoms with van der Waals surface area (Å²) in [5.41, 5.74) is 2.96. The number of sulfone groups is 1. The van der Waals surface area contributed by atoms with Gasteiger partial charge in [-0.3, -0.25) is 14.9 Å². The third-order valence-corrected chi connectivity index (χ3v) is 7.15. The van der Waals surface area contributed by atoms with Gasteiger partial charge in [0, 0.05) is 19.7 Å². The van der Waals surface area contributed by atoms with E-state index in [2.05, 4.69) is 5.32 Å². The van der Waals surface area contributed by atoms with E-state index in [9.17, 15) is 18.0 Å². The lowest BCUT2D eigenvalue weighted by Gasteiger charge is -2.42. The van der Waals surface area contributed by atoms with Crippen LogP contribution in [0.15, 0.2) is 47.4 Å². The van der Waals surface area contributed by atoms with Crippen LogP contribution in [0, 0.1) is 0 Å². The quantitative estimate of drug-likeness (QED) is 0.759. The van der Waals surface area contributed by atoms with Gasteiger partial charge in [0.2, 0.25) is 11.8 Å². The molecule has 2 unspecified atom stereocenters. The molecule has 3 atom stereocenters. The number of nitrogens with zero attached hydrogens (tertiary/aromatic N) is 2. The molecule has 2 amide bonds. The lowest BCUT2D eigenvalue weighted by atomic mass is 9.99. The zero-order valence-electron chi connectivity index (χ0n) is 18.5. The molecule has 2 aliphatic heterocycles. The third-order valence-electron chi connectivity index (χ3n) is 6.02. The molecule has 8 nitrogen and oxygen atoms in total. The van der Waals surface area contributed by atoms with Crippen LogP contribution < -0.4 is 15.1 Å². The first kappa shape index (κ1) is 22.4. The van der Waals surface area contributed by atoms with E-state index in [0.29, 0.717) is 24.7 Å². The Bertz CT molecular complexity index is 1160. The van der Waals surface area contributed by atoms with Crippen LogP contribution in [0.3, 0.4) is 0 Å². The van der Waals surface area contributed by atoms with Crippen molar-refractivity contribution in [3.8, 4) is 11.1 Å². The first-order valence-corrected chi connectivity index (χ1v) is 12.4. The van der Waals surface area contributed by atoms with Crippen molar-refractivity contribution in [3.05, 3.63) is 42.5 Å². The van der Waals surface area contributed by atoms with Crippen molar-refractivity contribution in [1.82, 2.24) is 5.32 Å². The summed E-state index contributed by atoms with van der Waals surface area (Å²) in [7, 11) is -3.29. The van der Waals surface area contributed by atoms with Gasteiger partial charge in [-0.25, -0.2) is 8.42 Å². The van der Waals surface area contributed by atoms with E-state index in [1.165, 1.54) is 13.2 Å². The van der Waals surface area contributed by atoms with Gasteiger partial charge in [0.25, 0.3) is 0 Å². The van der Waals surface area contributed by atoms with E-state index in [4.69, 9.17) is 4.74 Å². The van der Waals surface area contributed by atoms with Gasteiger partial charge in [0.15, 0.2) is 9.84 Å². The predicted octanol–water partition coefficient (Wildman–Crippen LogP) is 2.18. The molecular weight excluding hydrogens is 430 g/mol. The molecule has 2 aromatic carbocycles. The number of ether oxygens (including phenoxy) is 1. The zero-order valence-corrected chi connectivity index (χ0v) is 19.3. The summed E-state index contributed by atoms with van der Waals surface area (Å²) < 4.78 is 29.1. The van der Waals surface area contributed by atoms with Gasteiger partial charge in [-0.05, 0) is 49.2 Å². The molecule has 0 aliphatic carbocycles. The fourth-order valence-electron chi connectivity index (χ4n) is 4.38. The average molecular weight is 458 g/mol. The molecule has 0 saturated carbocycles. The average Bonchev–Trinajstić information content (AvgIpc) is 3.17. The van der Waals surface area contributed by atoms with E-state index in [1.54, 1.807) is 34.1 Å². The van der Waals surface area contributed by atoms with Gasteiger partial charge in [-0.2, -0.15) is 0 Å². The second kappa shape index (κ2) is 8.31. The van der Waals surface area contributed by atoms with Crippen molar-refractivity contribution in [2.75, 3.05) is 29.3 Å². The van der Waals surface area contributed by atoms with Crippen molar-refractivity contribution >= 4 is 33.0 Å². The molecule has 1 saturated heterocycles. The molecule has 0 radical (unpaired) electrons. The van der Waals surface area contributed by atoms with Crippen LogP contribution in [0.5, 0.6) is 0 Å². The lowest BCUT2D eigenvalue weighted by molar-refractivity contribution is -0.122. The molecule has 4 rings (SSSR count). The van der Waals surface area contributed by atoms with E-state index in [-0.39, 0.29) is 28.9 Å². The largest absolute Gasteiger partial charge is 0.361 e. The van der Waals surface area contributed by atoms with Crippen LogP contribution in [0.25, 0.3) is 11.1 Å². The van der Waals surface area contributed by atoms with E-state index < -0.39 is 15.9 Å². The second-order valence-electron chi connectivity index (χ2n) is 8.38. The summed E-state index contributed by atoms with van der Waals surface area (Å²) in [6.45, 7) is 5.99. The van der Waals surface area contributed by atoms with Crippen LogP contribution >= 0.6 is 0 Å². The summed E-state index contributed by atoms with van der Waals surface area (Å²) in [5.74, 6) is -0.192. The Balaban J connectivity index is 1.78. The molecule has 0 spiro atoms. The summed E-state index contributed by atoms with van der Waals surface area (Å²) >= 11 is 0. The minimum atomic E-state index is -3.29. The number of nitrogens with one attached hydrogen (secondary N) is 1. The summed E-state index contributed by atoms with van der Waals surface area (Å²) in [6.07, 6.45) is 0.919. The van der Waals surface area contributed by atoms with Crippen molar-refractivity contribution in [1.29, 1.82) is 0 Å². The number of rotatable bonds is 3. The number of carbonyl (C=O) groups is 2. The first-order valence-electron chi connectivity index (χ1n) is 10.5. The molecule has 1 N–H and O–H groups in total. The Hall–Kier alpha value is -2.75. The van der Waals surface area contributed by atoms with Gasteiger partial charge in [-0.15, -0.1) is 0 Å². The predicted molar refractivity (Wildman–Crippen MR) is 122 cm³/mol. The SMILES string of the molecule is CC(=O)N1c2ccc(-c3ccc(S(C)(=O)=O)cc3)cc2N(C(=O)C2NCOC2C)C[C@@H]1C. The standard InChI is InChI=1S/C23H27N3O5S/c1-14-12-25(23(28)22-15(2)31-13-24-22)21-11-18(7-10-20(21)26(14)16(3)27)17-5-8-19(9-6-17)32(4,29)30/h5-11,14-15,22,24H,12-13H2,1-4H3/t14-,15?,22?/m0/s1. The number of carbonyl (C=O) groups excluding carboxylic acids is 2. The zero-order chi connectivity index (χ0) is 23.2. The van der Waals surface area contributed by atoms with Crippen molar-refractivity contribution in [3.63, 3.8) is 0 Å². The number of benzene rings is 2. The summed E-state index contributed by atoms with van der Waals surface area (Å²) in [5, 5.41) is 3.10. The van der Waals surface area contributed by atoms with Crippen LogP contribution in [0.1, 0.15) is 20.8 Å². The van der Waals surface area contributed by atoms with Crippen LogP contribution in [0.2, 0.25) is 0 Å². The maximum Gasteiger partial charge on any atom is 0.247 e. The number of hydrogen-bond donors (Lipinski definition) is 1. The topological polar surface area (TPSA) is 96.0 Å². The van der Waals surface area contributed by atoms with E-state index in [0.717, 1.165) is 11.1 Å². The molecule has 32 heavy (non-hydrogen) atoms.